The van der Waals surface area contributed by atoms with Gasteiger partial charge in [-0.15, -0.1) is 11.3 Å². The van der Waals surface area contributed by atoms with Crippen molar-refractivity contribution in [3.63, 3.8) is 0 Å². The van der Waals surface area contributed by atoms with Gasteiger partial charge in [-0.25, -0.2) is 0 Å². The number of carbonyl (C=O) groups excluding carboxylic acids is 2. The number of benzene rings is 1. The van der Waals surface area contributed by atoms with E-state index >= 15 is 0 Å². The second-order valence-corrected chi connectivity index (χ2v) is 6.84. The lowest BCUT2D eigenvalue weighted by Crippen LogP contribution is -2.28. The molecule has 4 nitrogen and oxygen atoms in total. The number of anilines is 1. The van der Waals surface area contributed by atoms with Gasteiger partial charge in [0.15, 0.2) is 0 Å². The van der Waals surface area contributed by atoms with Crippen molar-refractivity contribution in [1.82, 2.24) is 0 Å². The standard InChI is InChI=1S/C16H18N2O2S/c1-16(2,3)15(20)18-14-11(13(17)19)9-12(21-14)10-7-5-4-6-8-10/h4-9H,1-3H3,(H2,17,19)(H,18,20). The van der Waals surface area contributed by atoms with E-state index in [4.69, 9.17) is 5.73 Å². The molecule has 21 heavy (non-hydrogen) atoms. The van der Waals surface area contributed by atoms with Crippen molar-refractivity contribution < 1.29 is 9.59 Å². The number of carbonyl (C=O) groups is 2. The normalized spacial score (nSPS) is 11.2. The summed E-state index contributed by atoms with van der Waals surface area (Å²) in [6, 6.07) is 11.4. The molecule has 3 N–H and O–H groups in total. The van der Waals surface area contributed by atoms with Gasteiger partial charge in [0.25, 0.3) is 5.91 Å². The Morgan fingerprint density at radius 1 is 1.14 bits per heavy atom. The predicted octanol–water partition coefficient (Wildman–Crippen LogP) is 3.50. The first-order chi connectivity index (χ1) is 9.79. The minimum Gasteiger partial charge on any atom is -0.366 e. The zero-order valence-electron chi connectivity index (χ0n) is 12.3. The highest BCUT2D eigenvalue weighted by molar-refractivity contribution is 7.20. The Morgan fingerprint density at radius 3 is 2.29 bits per heavy atom. The molecule has 0 unspecified atom stereocenters. The number of amides is 2. The van der Waals surface area contributed by atoms with E-state index in [0.717, 1.165) is 10.4 Å². The van der Waals surface area contributed by atoms with Crippen molar-refractivity contribution in [2.75, 3.05) is 5.32 Å². The van der Waals surface area contributed by atoms with E-state index in [1.54, 1.807) is 6.07 Å². The molecule has 0 saturated heterocycles. The van der Waals surface area contributed by atoms with Crippen LogP contribution in [0.2, 0.25) is 0 Å². The van der Waals surface area contributed by atoms with E-state index in [0.29, 0.717) is 10.6 Å². The molecule has 2 amide bonds. The molecule has 110 valence electrons. The summed E-state index contributed by atoms with van der Waals surface area (Å²) in [7, 11) is 0. The van der Waals surface area contributed by atoms with Gasteiger partial charge >= 0.3 is 0 Å². The fourth-order valence-electron chi connectivity index (χ4n) is 1.70. The lowest BCUT2D eigenvalue weighted by Gasteiger charge is -2.17. The number of primary amides is 1. The average Bonchev–Trinajstić information content (AvgIpc) is 2.83. The SMILES string of the molecule is CC(C)(C)C(=O)Nc1sc(-c2ccccc2)cc1C(N)=O. The van der Waals surface area contributed by atoms with Crippen LogP contribution in [0.5, 0.6) is 0 Å². The maximum atomic E-state index is 12.1. The lowest BCUT2D eigenvalue weighted by molar-refractivity contribution is -0.123. The van der Waals surface area contributed by atoms with Crippen LogP contribution in [0, 0.1) is 5.41 Å². The zero-order chi connectivity index (χ0) is 15.6. The highest BCUT2D eigenvalue weighted by Crippen LogP contribution is 2.36. The van der Waals surface area contributed by atoms with E-state index in [-0.39, 0.29) is 5.91 Å². The molecular formula is C16H18N2O2S. The molecule has 1 aromatic carbocycles. The van der Waals surface area contributed by atoms with Crippen LogP contribution in [-0.4, -0.2) is 11.8 Å². The van der Waals surface area contributed by atoms with Gasteiger partial charge in [0, 0.05) is 10.3 Å². The highest BCUT2D eigenvalue weighted by Gasteiger charge is 2.24. The van der Waals surface area contributed by atoms with Gasteiger partial charge in [-0.3, -0.25) is 9.59 Å². The van der Waals surface area contributed by atoms with E-state index < -0.39 is 11.3 Å². The molecule has 0 bridgehead atoms. The van der Waals surface area contributed by atoms with Crippen LogP contribution >= 0.6 is 11.3 Å². The summed E-state index contributed by atoms with van der Waals surface area (Å²) < 4.78 is 0. The molecule has 0 aliphatic heterocycles. The van der Waals surface area contributed by atoms with Crippen molar-refractivity contribution in [2.24, 2.45) is 11.1 Å². The maximum absolute atomic E-state index is 12.1. The summed E-state index contributed by atoms with van der Waals surface area (Å²) in [5, 5.41) is 3.30. The third-order valence-electron chi connectivity index (χ3n) is 2.96. The molecule has 0 radical (unpaired) electrons. The Hall–Kier alpha value is -2.14. The molecule has 0 fully saturated rings. The Morgan fingerprint density at radius 2 is 1.76 bits per heavy atom. The van der Waals surface area contributed by atoms with E-state index in [1.165, 1.54) is 11.3 Å². The Balaban J connectivity index is 2.39. The molecule has 0 aliphatic carbocycles. The number of nitrogens with one attached hydrogen (secondary N) is 1. The van der Waals surface area contributed by atoms with Crippen molar-refractivity contribution in [3.05, 3.63) is 42.0 Å². The summed E-state index contributed by atoms with van der Waals surface area (Å²) in [6.07, 6.45) is 0. The number of nitrogens with two attached hydrogens (primary N) is 1. The molecule has 0 atom stereocenters. The van der Waals surface area contributed by atoms with Crippen molar-refractivity contribution in [3.8, 4) is 10.4 Å². The summed E-state index contributed by atoms with van der Waals surface area (Å²) in [5.74, 6) is -0.691. The number of hydrogen-bond donors (Lipinski definition) is 2. The first-order valence-electron chi connectivity index (χ1n) is 6.59. The molecule has 1 heterocycles. The molecule has 5 heteroatoms. The predicted molar refractivity (Wildman–Crippen MR) is 86.4 cm³/mol. The largest absolute Gasteiger partial charge is 0.366 e. The summed E-state index contributed by atoms with van der Waals surface area (Å²) in [6.45, 7) is 5.45. The summed E-state index contributed by atoms with van der Waals surface area (Å²) >= 11 is 1.35. The minimum absolute atomic E-state index is 0.147. The summed E-state index contributed by atoms with van der Waals surface area (Å²) in [4.78, 5) is 24.6. The first kappa shape index (κ1) is 15.3. The quantitative estimate of drug-likeness (QED) is 0.910. The van der Waals surface area contributed by atoms with Gasteiger partial charge in [-0.2, -0.15) is 0 Å². The lowest BCUT2D eigenvalue weighted by atomic mass is 9.96. The van der Waals surface area contributed by atoms with Crippen molar-refractivity contribution in [1.29, 1.82) is 0 Å². The Bertz CT molecular complexity index is 669. The van der Waals surface area contributed by atoms with Crippen LogP contribution in [0.15, 0.2) is 36.4 Å². The second-order valence-electron chi connectivity index (χ2n) is 5.79. The van der Waals surface area contributed by atoms with Crippen LogP contribution in [0.3, 0.4) is 0 Å². The van der Waals surface area contributed by atoms with Gasteiger partial charge in [-0.05, 0) is 11.6 Å². The van der Waals surface area contributed by atoms with E-state index in [9.17, 15) is 9.59 Å². The number of thiophene rings is 1. The minimum atomic E-state index is -0.544. The molecule has 0 aliphatic rings. The van der Waals surface area contributed by atoms with E-state index in [2.05, 4.69) is 5.32 Å². The maximum Gasteiger partial charge on any atom is 0.251 e. The highest BCUT2D eigenvalue weighted by atomic mass is 32.1. The Kier molecular flexibility index (Phi) is 4.14. The second kappa shape index (κ2) is 5.69. The van der Waals surface area contributed by atoms with Gasteiger partial charge in [0.05, 0.1) is 5.56 Å². The fraction of sp³-hybridized carbons (Fsp3) is 0.250. The fourth-order valence-corrected chi connectivity index (χ4v) is 2.77. The molecule has 2 aromatic rings. The third kappa shape index (κ3) is 3.49. The average molecular weight is 302 g/mol. The molecular weight excluding hydrogens is 284 g/mol. The smallest absolute Gasteiger partial charge is 0.251 e. The van der Waals surface area contributed by atoms with Crippen molar-refractivity contribution in [2.45, 2.75) is 20.8 Å². The van der Waals surface area contributed by atoms with Crippen LogP contribution in [0.4, 0.5) is 5.00 Å². The zero-order valence-corrected chi connectivity index (χ0v) is 13.1. The number of rotatable bonds is 3. The topological polar surface area (TPSA) is 72.2 Å². The van der Waals surface area contributed by atoms with Gasteiger partial charge < -0.3 is 11.1 Å². The van der Waals surface area contributed by atoms with Gasteiger partial charge in [0.1, 0.15) is 5.00 Å². The van der Waals surface area contributed by atoms with Crippen molar-refractivity contribution >= 4 is 28.2 Å². The molecule has 1 aromatic heterocycles. The monoisotopic (exact) mass is 302 g/mol. The molecule has 0 spiro atoms. The van der Waals surface area contributed by atoms with Crippen LogP contribution in [0.25, 0.3) is 10.4 Å². The molecule has 0 saturated carbocycles. The van der Waals surface area contributed by atoms with Crippen LogP contribution in [0.1, 0.15) is 31.1 Å². The first-order valence-corrected chi connectivity index (χ1v) is 7.41. The summed E-state index contributed by atoms with van der Waals surface area (Å²) in [5.41, 5.74) is 6.20. The molecule has 2 rings (SSSR count). The van der Waals surface area contributed by atoms with Crippen LogP contribution in [-0.2, 0) is 4.79 Å². The van der Waals surface area contributed by atoms with E-state index in [1.807, 2.05) is 51.1 Å². The third-order valence-corrected chi connectivity index (χ3v) is 4.06. The van der Waals surface area contributed by atoms with Crippen LogP contribution < -0.4 is 11.1 Å². The number of hydrogen-bond acceptors (Lipinski definition) is 3. The van der Waals surface area contributed by atoms with Gasteiger partial charge in [0.2, 0.25) is 5.91 Å². The van der Waals surface area contributed by atoms with Gasteiger partial charge in [-0.1, -0.05) is 51.1 Å². The Labute approximate surface area is 128 Å².